The molecule has 2 fully saturated rings. The van der Waals surface area contributed by atoms with E-state index in [2.05, 4.69) is 10.6 Å². The SMILES string of the molecule is NC(=O)[C@H](NCC1CC1)C(=O)Nc1ccc(N2CCOCC2=O)cc1C(F)F. The molecule has 10 heteroatoms. The van der Waals surface area contributed by atoms with E-state index in [0.29, 0.717) is 24.8 Å². The predicted octanol–water partition coefficient (Wildman–Crippen LogP) is 0.779. The van der Waals surface area contributed by atoms with Crippen LogP contribution in [0, 0.1) is 5.92 Å². The zero-order valence-electron chi connectivity index (χ0n) is 15.1. The quantitative estimate of drug-likeness (QED) is 0.562. The Bertz CT molecular complexity index is 770. The molecule has 0 bridgehead atoms. The van der Waals surface area contributed by atoms with Crippen LogP contribution >= 0.6 is 0 Å². The average Bonchev–Trinajstić information content (AvgIpc) is 3.46. The van der Waals surface area contributed by atoms with Crippen molar-refractivity contribution in [3.8, 4) is 0 Å². The number of nitrogens with one attached hydrogen (secondary N) is 2. The fraction of sp³-hybridized carbons (Fsp3) is 0.500. The van der Waals surface area contributed by atoms with Gasteiger partial charge in [-0.25, -0.2) is 8.78 Å². The third-order valence-corrected chi connectivity index (χ3v) is 4.68. The lowest BCUT2D eigenvalue weighted by atomic mass is 10.1. The van der Waals surface area contributed by atoms with Crippen LogP contribution in [0.2, 0.25) is 0 Å². The van der Waals surface area contributed by atoms with Crippen molar-refractivity contribution in [3.63, 3.8) is 0 Å². The van der Waals surface area contributed by atoms with Crippen LogP contribution in [0.5, 0.6) is 0 Å². The van der Waals surface area contributed by atoms with Crippen LogP contribution in [0.15, 0.2) is 18.2 Å². The number of amides is 3. The number of alkyl halides is 2. The minimum absolute atomic E-state index is 0.116. The molecule has 3 rings (SSSR count). The molecule has 0 unspecified atom stereocenters. The fourth-order valence-corrected chi connectivity index (χ4v) is 2.94. The van der Waals surface area contributed by atoms with Gasteiger partial charge in [-0.15, -0.1) is 0 Å². The van der Waals surface area contributed by atoms with Crippen LogP contribution < -0.4 is 21.3 Å². The zero-order valence-corrected chi connectivity index (χ0v) is 15.1. The molecule has 1 aliphatic carbocycles. The van der Waals surface area contributed by atoms with Crippen molar-refractivity contribution in [3.05, 3.63) is 23.8 Å². The fourth-order valence-electron chi connectivity index (χ4n) is 2.94. The summed E-state index contributed by atoms with van der Waals surface area (Å²) in [4.78, 5) is 37.2. The number of hydrogen-bond acceptors (Lipinski definition) is 5. The van der Waals surface area contributed by atoms with E-state index < -0.39 is 29.8 Å². The smallest absolute Gasteiger partial charge is 0.265 e. The molecule has 1 atom stereocenters. The summed E-state index contributed by atoms with van der Waals surface area (Å²) < 4.78 is 32.1. The first-order chi connectivity index (χ1) is 13.4. The summed E-state index contributed by atoms with van der Waals surface area (Å²) in [6.07, 6.45) is -0.868. The molecule has 1 heterocycles. The molecule has 1 saturated heterocycles. The molecular weight excluding hydrogens is 374 g/mol. The summed E-state index contributed by atoms with van der Waals surface area (Å²) in [6.45, 7) is 0.902. The molecule has 28 heavy (non-hydrogen) atoms. The van der Waals surface area contributed by atoms with Crippen LogP contribution in [0.1, 0.15) is 24.8 Å². The van der Waals surface area contributed by atoms with Gasteiger partial charge in [0.15, 0.2) is 6.04 Å². The predicted molar refractivity (Wildman–Crippen MR) is 96.9 cm³/mol. The van der Waals surface area contributed by atoms with Gasteiger partial charge in [-0.05, 0) is 43.5 Å². The number of morpholine rings is 1. The molecule has 4 N–H and O–H groups in total. The van der Waals surface area contributed by atoms with Gasteiger partial charge in [0.05, 0.1) is 6.61 Å². The Balaban J connectivity index is 1.77. The monoisotopic (exact) mass is 396 g/mol. The molecule has 8 nitrogen and oxygen atoms in total. The van der Waals surface area contributed by atoms with Crippen molar-refractivity contribution in [1.29, 1.82) is 0 Å². The summed E-state index contributed by atoms with van der Waals surface area (Å²) in [7, 11) is 0. The average molecular weight is 396 g/mol. The second-order valence-corrected chi connectivity index (χ2v) is 6.85. The maximum atomic E-state index is 13.6. The number of rotatable bonds is 8. The number of primary amides is 1. The molecule has 0 aromatic heterocycles. The summed E-state index contributed by atoms with van der Waals surface area (Å²) in [6, 6.07) is 2.59. The second-order valence-electron chi connectivity index (χ2n) is 6.85. The Morgan fingerprint density at radius 3 is 2.68 bits per heavy atom. The lowest BCUT2D eigenvalue weighted by molar-refractivity contribution is -0.128. The number of carbonyl (C=O) groups is 3. The molecule has 2 aliphatic rings. The molecule has 0 radical (unpaired) electrons. The lowest BCUT2D eigenvalue weighted by Gasteiger charge is -2.27. The van der Waals surface area contributed by atoms with E-state index >= 15 is 0 Å². The number of nitrogens with zero attached hydrogens (tertiary/aromatic N) is 1. The number of ether oxygens (including phenoxy) is 1. The van der Waals surface area contributed by atoms with E-state index in [1.165, 1.54) is 17.0 Å². The van der Waals surface area contributed by atoms with Crippen molar-refractivity contribution in [2.75, 3.05) is 36.5 Å². The van der Waals surface area contributed by atoms with Crippen LogP contribution in [0.4, 0.5) is 20.2 Å². The van der Waals surface area contributed by atoms with Crippen molar-refractivity contribution < 1.29 is 27.9 Å². The minimum atomic E-state index is -2.89. The van der Waals surface area contributed by atoms with Gasteiger partial charge in [-0.1, -0.05) is 0 Å². The van der Waals surface area contributed by atoms with Crippen molar-refractivity contribution in [1.82, 2.24) is 5.32 Å². The molecule has 1 aromatic rings. The largest absolute Gasteiger partial charge is 0.370 e. The lowest BCUT2D eigenvalue weighted by Crippen LogP contribution is -2.50. The van der Waals surface area contributed by atoms with E-state index in [0.717, 1.165) is 18.9 Å². The van der Waals surface area contributed by atoms with Crippen molar-refractivity contribution in [2.24, 2.45) is 11.7 Å². The normalized spacial score (nSPS) is 18.2. The molecule has 152 valence electrons. The van der Waals surface area contributed by atoms with Gasteiger partial charge in [0, 0.05) is 23.5 Å². The highest BCUT2D eigenvalue weighted by molar-refractivity contribution is 6.10. The molecular formula is C18H22F2N4O4. The van der Waals surface area contributed by atoms with E-state index in [-0.39, 0.29) is 24.7 Å². The van der Waals surface area contributed by atoms with Crippen LogP contribution in [0.25, 0.3) is 0 Å². The maximum absolute atomic E-state index is 13.6. The molecule has 1 saturated carbocycles. The highest BCUT2D eigenvalue weighted by Crippen LogP contribution is 2.32. The van der Waals surface area contributed by atoms with Gasteiger partial charge in [0.2, 0.25) is 5.91 Å². The van der Waals surface area contributed by atoms with Gasteiger partial charge in [-0.3, -0.25) is 19.7 Å². The number of halogens is 2. The maximum Gasteiger partial charge on any atom is 0.265 e. The summed E-state index contributed by atoms with van der Waals surface area (Å²) >= 11 is 0. The molecule has 3 amide bonds. The summed E-state index contributed by atoms with van der Waals surface area (Å²) in [5.41, 5.74) is 4.97. The number of carbonyl (C=O) groups excluding carboxylic acids is 3. The Kier molecular flexibility index (Phi) is 6.20. The van der Waals surface area contributed by atoms with Crippen molar-refractivity contribution >= 4 is 29.1 Å². The Hall–Kier alpha value is -2.59. The van der Waals surface area contributed by atoms with Crippen LogP contribution in [-0.2, 0) is 19.1 Å². The number of hydrogen-bond donors (Lipinski definition) is 3. The second kappa shape index (κ2) is 8.61. The van der Waals surface area contributed by atoms with E-state index in [4.69, 9.17) is 10.5 Å². The summed E-state index contributed by atoms with van der Waals surface area (Å²) in [5.74, 6) is -1.62. The number of anilines is 2. The van der Waals surface area contributed by atoms with Gasteiger partial charge >= 0.3 is 0 Å². The first-order valence-corrected chi connectivity index (χ1v) is 9.00. The molecule has 0 spiro atoms. The number of benzene rings is 1. The van der Waals surface area contributed by atoms with Crippen LogP contribution in [0.3, 0.4) is 0 Å². The highest BCUT2D eigenvalue weighted by Gasteiger charge is 2.29. The molecule has 1 aliphatic heterocycles. The number of nitrogens with two attached hydrogens (primary N) is 1. The van der Waals surface area contributed by atoms with Gasteiger partial charge in [-0.2, -0.15) is 0 Å². The van der Waals surface area contributed by atoms with Crippen LogP contribution in [-0.4, -0.2) is 50.1 Å². The van der Waals surface area contributed by atoms with Gasteiger partial charge in [0.1, 0.15) is 6.61 Å². The Morgan fingerprint density at radius 2 is 2.07 bits per heavy atom. The first-order valence-electron chi connectivity index (χ1n) is 9.00. The third kappa shape index (κ3) is 4.82. The van der Waals surface area contributed by atoms with E-state index in [1.54, 1.807) is 0 Å². The van der Waals surface area contributed by atoms with Crippen molar-refractivity contribution in [2.45, 2.75) is 25.3 Å². The summed E-state index contributed by atoms with van der Waals surface area (Å²) in [5, 5.41) is 5.13. The highest BCUT2D eigenvalue weighted by atomic mass is 19.3. The van der Waals surface area contributed by atoms with Gasteiger partial charge in [0.25, 0.3) is 18.2 Å². The molecule has 1 aromatic carbocycles. The van der Waals surface area contributed by atoms with E-state index in [9.17, 15) is 23.2 Å². The zero-order chi connectivity index (χ0) is 20.3. The third-order valence-electron chi connectivity index (χ3n) is 4.68. The van der Waals surface area contributed by atoms with E-state index in [1.807, 2.05) is 0 Å². The minimum Gasteiger partial charge on any atom is -0.370 e. The topological polar surface area (TPSA) is 114 Å². The standard InChI is InChI=1S/C18H22F2N4O4/c19-16(20)12-7-11(24-5-6-28-9-14(24)25)3-4-13(12)23-18(27)15(17(21)26)22-8-10-1-2-10/h3-4,7,10,15-16,22H,1-2,5-6,8-9H2,(H2,21,26)(H,23,27)/t15-/m0/s1. The first kappa shape index (κ1) is 20.2. The Morgan fingerprint density at radius 1 is 1.32 bits per heavy atom. The Labute approximate surface area is 160 Å². The van der Waals surface area contributed by atoms with Gasteiger partial charge < -0.3 is 20.7 Å².